The number of hydrogen-bond acceptors (Lipinski definition) is 2. The number of carboxylic acid groups (broad SMARTS) is 2. The average Bonchev–Trinajstić information content (AvgIpc) is 2.61. The third kappa shape index (κ3) is 0.882. The smallest absolute Gasteiger partial charge is 0.310 e. The molecule has 76 valence electrons. The van der Waals surface area contributed by atoms with Crippen molar-refractivity contribution in [1.29, 1.82) is 0 Å². The zero-order valence-corrected chi connectivity index (χ0v) is 7.80. The van der Waals surface area contributed by atoms with Gasteiger partial charge in [-0.1, -0.05) is 12.2 Å². The summed E-state index contributed by atoms with van der Waals surface area (Å²) in [6, 6.07) is 0. The molecule has 0 aromatic carbocycles. The second-order valence-corrected chi connectivity index (χ2v) is 4.29. The molecule has 0 spiro atoms. The highest BCUT2D eigenvalue weighted by molar-refractivity contribution is 5.85. The molecule has 0 heterocycles. The molecule has 0 radical (unpaired) electrons. The van der Waals surface area contributed by atoms with Crippen molar-refractivity contribution in [3.8, 4) is 0 Å². The minimum Gasteiger partial charge on any atom is -0.481 e. The van der Waals surface area contributed by atoms with Crippen molar-refractivity contribution in [2.75, 3.05) is 0 Å². The van der Waals surface area contributed by atoms with Crippen molar-refractivity contribution < 1.29 is 19.8 Å². The maximum atomic E-state index is 11.1. The van der Waals surface area contributed by atoms with E-state index in [-0.39, 0.29) is 11.8 Å². The Morgan fingerprint density at radius 2 is 2.00 bits per heavy atom. The summed E-state index contributed by atoms with van der Waals surface area (Å²) in [5, 5.41) is 18.1. The predicted octanol–water partition coefficient (Wildman–Crippen LogP) is 0.984. The molecule has 2 unspecified atom stereocenters. The van der Waals surface area contributed by atoms with Gasteiger partial charge in [0.2, 0.25) is 0 Å². The standard InChI is InChI=1S/C10H12O4/c1-10(9(13)14)6-3-2-5(4-6)7(10)8(11)12/h2-3,5-7H,4H2,1H3,(H,11,12)(H,13,14)/t5?,6?,7-,10-/m0/s1. The van der Waals surface area contributed by atoms with Crippen LogP contribution >= 0.6 is 0 Å². The molecule has 4 nitrogen and oxygen atoms in total. The van der Waals surface area contributed by atoms with E-state index in [0.29, 0.717) is 6.42 Å². The van der Waals surface area contributed by atoms with E-state index in [4.69, 9.17) is 10.2 Å². The van der Waals surface area contributed by atoms with Crippen LogP contribution in [0.4, 0.5) is 0 Å². The van der Waals surface area contributed by atoms with Crippen molar-refractivity contribution >= 4 is 11.9 Å². The molecule has 0 saturated heterocycles. The molecule has 1 saturated carbocycles. The quantitative estimate of drug-likeness (QED) is 0.646. The summed E-state index contributed by atoms with van der Waals surface area (Å²) in [6.45, 7) is 1.54. The fraction of sp³-hybridized carbons (Fsp3) is 0.600. The highest BCUT2D eigenvalue weighted by Crippen LogP contribution is 2.56. The number of carboxylic acids is 2. The normalized spacial score (nSPS) is 44.2. The number of hydrogen-bond donors (Lipinski definition) is 2. The summed E-state index contributed by atoms with van der Waals surface area (Å²) in [4.78, 5) is 22.1. The first kappa shape index (κ1) is 9.24. The molecular formula is C10H12O4. The maximum Gasteiger partial charge on any atom is 0.310 e. The Morgan fingerprint density at radius 3 is 2.43 bits per heavy atom. The predicted molar refractivity (Wildman–Crippen MR) is 47.6 cm³/mol. The van der Waals surface area contributed by atoms with Gasteiger partial charge in [-0.3, -0.25) is 9.59 Å². The largest absolute Gasteiger partial charge is 0.481 e. The molecule has 4 heteroatoms. The fourth-order valence-electron chi connectivity index (χ4n) is 2.83. The summed E-state index contributed by atoms with van der Waals surface area (Å²) < 4.78 is 0. The van der Waals surface area contributed by atoms with Crippen molar-refractivity contribution in [2.45, 2.75) is 13.3 Å². The molecule has 14 heavy (non-hydrogen) atoms. The van der Waals surface area contributed by atoms with E-state index in [2.05, 4.69) is 0 Å². The van der Waals surface area contributed by atoms with Gasteiger partial charge in [0.15, 0.2) is 0 Å². The molecular weight excluding hydrogens is 184 g/mol. The molecule has 1 fully saturated rings. The lowest BCUT2D eigenvalue weighted by Gasteiger charge is -2.31. The summed E-state index contributed by atoms with van der Waals surface area (Å²) in [5.74, 6) is -2.98. The van der Waals surface area contributed by atoms with Crippen LogP contribution in [0.1, 0.15) is 13.3 Å². The van der Waals surface area contributed by atoms with Crippen LogP contribution in [0, 0.1) is 23.2 Å². The van der Waals surface area contributed by atoms with E-state index >= 15 is 0 Å². The maximum absolute atomic E-state index is 11.1. The van der Waals surface area contributed by atoms with Crippen LogP contribution in [-0.2, 0) is 9.59 Å². The van der Waals surface area contributed by atoms with E-state index in [1.807, 2.05) is 12.2 Å². The van der Waals surface area contributed by atoms with Crippen molar-refractivity contribution in [2.24, 2.45) is 23.2 Å². The van der Waals surface area contributed by atoms with Gasteiger partial charge in [-0.25, -0.2) is 0 Å². The summed E-state index contributed by atoms with van der Waals surface area (Å²) in [7, 11) is 0. The number of fused-ring (bicyclic) bond motifs is 2. The average molecular weight is 196 g/mol. The lowest BCUT2D eigenvalue weighted by atomic mass is 9.70. The van der Waals surface area contributed by atoms with Gasteiger partial charge in [-0.15, -0.1) is 0 Å². The molecule has 0 aromatic rings. The fourth-order valence-corrected chi connectivity index (χ4v) is 2.83. The Kier molecular flexibility index (Phi) is 1.71. The van der Waals surface area contributed by atoms with Gasteiger partial charge in [0.05, 0.1) is 11.3 Å². The minimum absolute atomic E-state index is 0.0985. The topological polar surface area (TPSA) is 74.6 Å². The van der Waals surface area contributed by atoms with Crippen LogP contribution in [0.5, 0.6) is 0 Å². The van der Waals surface area contributed by atoms with Crippen LogP contribution < -0.4 is 0 Å². The first-order valence-corrected chi connectivity index (χ1v) is 4.62. The summed E-state index contributed by atoms with van der Waals surface area (Å²) in [5.41, 5.74) is -1.12. The summed E-state index contributed by atoms with van der Waals surface area (Å²) in [6.07, 6.45) is 4.35. The Balaban J connectivity index is 2.45. The van der Waals surface area contributed by atoms with Crippen LogP contribution in [0.2, 0.25) is 0 Å². The van der Waals surface area contributed by atoms with Gasteiger partial charge in [0.25, 0.3) is 0 Å². The monoisotopic (exact) mass is 196 g/mol. The third-order valence-electron chi connectivity index (χ3n) is 3.69. The van der Waals surface area contributed by atoms with Gasteiger partial charge in [0.1, 0.15) is 0 Å². The molecule has 2 aliphatic carbocycles. The van der Waals surface area contributed by atoms with Crippen molar-refractivity contribution in [3.63, 3.8) is 0 Å². The molecule has 2 aliphatic rings. The molecule has 0 aromatic heterocycles. The van der Waals surface area contributed by atoms with E-state index in [1.54, 1.807) is 6.92 Å². The molecule has 0 aliphatic heterocycles. The van der Waals surface area contributed by atoms with Gasteiger partial charge in [-0.2, -0.15) is 0 Å². The van der Waals surface area contributed by atoms with E-state index < -0.39 is 23.3 Å². The zero-order valence-electron chi connectivity index (χ0n) is 7.80. The van der Waals surface area contributed by atoms with Gasteiger partial charge in [-0.05, 0) is 25.2 Å². The summed E-state index contributed by atoms with van der Waals surface area (Å²) >= 11 is 0. The van der Waals surface area contributed by atoms with Gasteiger partial charge >= 0.3 is 11.9 Å². The van der Waals surface area contributed by atoms with Crippen LogP contribution in [0.15, 0.2) is 12.2 Å². The SMILES string of the molecule is C[C@]1(C(=O)O)C2C=CC(C2)[C@H]1C(=O)O. The zero-order chi connectivity index (χ0) is 10.5. The molecule has 2 rings (SSSR count). The Bertz CT molecular complexity index is 333. The second kappa shape index (κ2) is 2.59. The highest BCUT2D eigenvalue weighted by atomic mass is 16.4. The Morgan fingerprint density at radius 1 is 1.36 bits per heavy atom. The first-order chi connectivity index (χ1) is 6.48. The first-order valence-electron chi connectivity index (χ1n) is 4.62. The Labute approximate surface area is 81.2 Å². The minimum atomic E-state index is -1.12. The van der Waals surface area contributed by atoms with Gasteiger partial charge < -0.3 is 10.2 Å². The molecule has 2 N–H and O–H groups in total. The molecule has 4 atom stereocenters. The van der Waals surface area contributed by atoms with Gasteiger partial charge in [0, 0.05) is 0 Å². The highest BCUT2D eigenvalue weighted by Gasteiger charge is 2.60. The number of aliphatic carboxylic acids is 2. The van der Waals surface area contributed by atoms with Crippen LogP contribution in [0.25, 0.3) is 0 Å². The number of carbonyl (C=O) groups is 2. The van der Waals surface area contributed by atoms with Crippen LogP contribution in [-0.4, -0.2) is 22.2 Å². The lowest BCUT2D eigenvalue weighted by Crippen LogP contribution is -2.43. The third-order valence-corrected chi connectivity index (χ3v) is 3.69. The van der Waals surface area contributed by atoms with E-state index in [9.17, 15) is 9.59 Å². The second-order valence-electron chi connectivity index (χ2n) is 4.29. The van der Waals surface area contributed by atoms with Crippen molar-refractivity contribution in [1.82, 2.24) is 0 Å². The molecule has 2 bridgehead atoms. The van der Waals surface area contributed by atoms with Crippen molar-refractivity contribution in [3.05, 3.63) is 12.2 Å². The molecule has 0 amide bonds. The van der Waals surface area contributed by atoms with E-state index in [1.165, 1.54) is 0 Å². The van der Waals surface area contributed by atoms with Crippen LogP contribution in [0.3, 0.4) is 0 Å². The number of rotatable bonds is 2. The number of allylic oxidation sites excluding steroid dienone is 2. The Hall–Kier alpha value is -1.32. The lowest BCUT2D eigenvalue weighted by molar-refractivity contribution is -0.162. The van der Waals surface area contributed by atoms with E-state index in [0.717, 1.165) is 0 Å².